The lowest BCUT2D eigenvalue weighted by Gasteiger charge is -2.14. The lowest BCUT2D eigenvalue weighted by atomic mass is 10.1. The molecule has 0 atom stereocenters. The van der Waals surface area contributed by atoms with Crippen molar-refractivity contribution in [3.05, 3.63) is 59.7 Å². The molecule has 0 N–H and O–H groups in total. The van der Waals surface area contributed by atoms with Crippen LogP contribution in [0.15, 0.2) is 48.5 Å². The molecule has 8 nitrogen and oxygen atoms in total. The number of carbonyl (C=O) groups excluding carboxylic acids is 1. The number of unbranched alkanes of at least 4 members (excludes halogenated alkanes) is 2. The third kappa shape index (κ3) is 12.5. The van der Waals surface area contributed by atoms with E-state index in [1.54, 1.807) is 18.2 Å². The van der Waals surface area contributed by atoms with Crippen molar-refractivity contribution in [2.24, 2.45) is 0 Å². The Morgan fingerprint density at radius 1 is 0.842 bits per heavy atom. The molecule has 0 unspecified atom stereocenters. The largest absolute Gasteiger partial charge is 0.490 e. The van der Waals surface area contributed by atoms with E-state index >= 15 is 0 Å². The summed E-state index contributed by atoms with van der Waals surface area (Å²) in [6.45, 7) is 8.03. The lowest BCUT2D eigenvalue weighted by molar-refractivity contribution is -0.139. The Kier molecular flexibility index (Phi) is 14.3. The maximum atomic E-state index is 12.0. The van der Waals surface area contributed by atoms with Crippen LogP contribution in [0.4, 0.5) is 0 Å². The number of benzene rings is 2. The fraction of sp³-hybridized carbons (Fsp3) is 0.483. The maximum Gasteiger partial charge on any atom is 0.330 e. The summed E-state index contributed by atoms with van der Waals surface area (Å²) in [5, 5.41) is 0. The second-order valence-corrected chi connectivity index (χ2v) is 10.2. The number of rotatable bonds is 19. The fourth-order valence-electron chi connectivity index (χ4n) is 3.24. The molecule has 2 aromatic rings. The molecule has 210 valence electrons. The van der Waals surface area contributed by atoms with Gasteiger partial charge in [0.1, 0.15) is 12.4 Å². The van der Waals surface area contributed by atoms with E-state index in [0.29, 0.717) is 56.5 Å². The van der Waals surface area contributed by atoms with E-state index in [1.807, 2.05) is 44.2 Å². The van der Waals surface area contributed by atoms with Gasteiger partial charge in [-0.2, -0.15) is 8.42 Å². The zero-order valence-corrected chi connectivity index (χ0v) is 23.5. The van der Waals surface area contributed by atoms with Crippen molar-refractivity contribution in [2.45, 2.75) is 52.9 Å². The molecule has 0 bridgehead atoms. The third-order valence-electron chi connectivity index (χ3n) is 5.35. The van der Waals surface area contributed by atoms with Crippen molar-refractivity contribution in [1.82, 2.24) is 0 Å². The van der Waals surface area contributed by atoms with Crippen molar-refractivity contribution in [1.29, 1.82) is 0 Å². The van der Waals surface area contributed by atoms with Crippen molar-refractivity contribution in [3.8, 4) is 17.2 Å². The Balaban J connectivity index is 1.95. The summed E-state index contributed by atoms with van der Waals surface area (Å²) in [5.41, 5.74) is 1.77. The normalized spacial score (nSPS) is 11.4. The maximum absolute atomic E-state index is 12.0. The second-order valence-electron chi connectivity index (χ2n) is 8.55. The summed E-state index contributed by atoms with van der Waals surface area (Å²) in [4.78, 5) is 11.9. The highest BCUT2D eigenvalue weighted by Gasteiger charge is 2.12. The average Bonchev–Trinajstić information content (AvgIpc) is 2.90. The van der Waals surface area contributed by atoms with Gasteiger partial charge in [0.2, 0.25) is 0 Å². The first-order valence-electron chi connectivity index (χ1n) is 13.2. The van der Waals surface area contributed by atoms with Crippen molar-refractivity contribution in [3.63, 3.8) is 0 Å². The van der Waals surface area contributed by atoms with Gasteiger partial charge < -0.3 is 23.1 Å². The minimum Gasteiger partial charge on any atom is -0.490 e. The molecule has 0 aliphatic carbocycles. The predicted octanol–water partition coefficient (Wildman–Crippen LogP) is 5.59. The number of hydrogen-bond acceptors (Lipinski definition) is 8. The third-order valence-corrected chi connectivity index (χ3v) is 6.59. The first kappa shape index (κ1) is 31.2. The number of carbonyl (C=O) groups is 1. The molecule has 0 aliphatic heterocycles. The highest BCUT2D eigenvalue weighted by molar-refractivity contribution is 7.87. The van der Waals surface area contributed by atoms with Crippen LogP contribution in [0.2, 0.25) is 0 Å². The molecule has 0 spiro atoms. The molecule has 9 heteroatoms. The van der Waals surface area contributed by atoms with E-state index in [4.69, 9.17) is 23.1 Å². The molecule has 2 aromatic carbocycles. The Morgan fingerprint density at radius 2 is 1.58 bits per heavy atom. The Hall–Kier alpha value is -3.04. The van der Waals surface area contributed by atoms with Gasteiger partial charge in [0.25, 0.3) is 0 Å². The standard InChI is InChI=1S/C29H40O8S/c1-4-7-18-34-28-23-25(12-16-29(30)36-21-20-33-6-3)11-15-27(28)35-19-17-24-9-13-26(14-10-24)37-38(31,32)22-8-5-2/h9-16,23H,4-8,17-22H2,1-3H3/b16-12-. The summed E-state index contributed by atoms with van der Waals surface area (Å²) in [5.74, 6) is 1.09. The molecule has 0 saturated heterocycles. The molecule has 0 amide bonds. The average molecular weight is 549 g/mol. The van der Waals surface area contributed by atoms with Crippen LogP contribution in [-0.4, -0.2) is 53.2 Å². The number of ether oxygens (including phenoxy) is 4. The highest BCUT2D eigenvalue weighted by atomic mass is 32.2. The molecule has 0 saturated carbocycles. The molecule has 0 heterocycles. The molecule has 0 aromatic heterocycles. The molecule has 2 rings (SSSR count). The molecule has 0 fully saturated rings. The SMILES string of the molecule is CCCCOc1cc(/C=C\C(=O)OCCOCC)ccc1OCCc1ccc(OS(=O)(=O)CCCC)cc1. The van der Waals surface area contributed by atoms with Gasteiger partial charge in [-0.25, -0.2) is 4.79 Å². The summed E-state index contributed by atoms with van der Waals surface area (Å²) >= 11 is 0. The van der Waals surface area contributed by atoms with E-state index in [1.165, 1.54) is 6.08 Å². The zero-order valence-electron chi connectivity index (χ0n) is 22.6. The molecule has 38 heavy (non-hydrogen) atoms. The highest BCUT2D eigenvalue weighted by Crippen LogP contribution is 2.29. The fourth-order valence-corrected chi connectivity index (χ4v) is 4.37. The molecular weight excluding hydrogens is 508 g/mol. The van der Waals surface area contributed by atoms with E-state index in [-0.39, 0.29) is 12.4 Å². The van der Waals surface area contributed by atoms with Crippen LogP contribution < -0.4 is 13.7 Å². The van der Waals surface area contributed by atoms with E-state index in [0.717, 1.165) is 30.4 Å². The Labute approximate surface area is 227 Å². The first-order chi connectivity index (χ1) is 18.4. The van der Waals surface area contributed by atoms with Gasteiger partial charge >= 0.3 is 16.1 Å². The van der Waals surface area contributed by atoms with E-state index in [2.05, 4.69) is 6.92 Å². The van der Waals surface area contributed by atoms with Gasteiger partial charge in [0, 0.05) is 19.1 Å². The van der Waals surface area contributed by atoms with Crippen LogP contribution in [0.3, 0.4) is 0 Å². The van der Waals surface area contributed by atoms with E-state index < -0.39 is 16.1 Å². The van der Waals surface area contributed by atoms with Crippen LogP contribution in [0.1, 0.15) is 57.6 Å². The molecule has 0 aliphatic rings. The van der Waals surface area contributed by atoms with E-state index in [9.17, 15) is 13.2 Å². The Morgan fingerprint density at radius 3 is 2.29 bits per heavy atom. The summed E-state index contributed by atoms with van der Waals surface area (Å²) in [6.07, 6.45) is 6.94. The minimum atomic E-state index is -3.57. The summed E-state index contributed by atoms with van der Waals surface area (Å²) in [6, 6.07) is 12.5. The van der Waals surface area contributed by atoms with Crippen molar-refractivity contribution >= 4 is 22.2 Å². The van der Waals surface area contributed by atoms with Gasteiger partial charge in [-0.1, -0.05) is 44.9 Å². The van der Waals surface area contributed by atoms with Gasteiger partial charge in [-0.3, -0.25) is 0 Å². The lowest BCUT2D eigenvalue weighted by Crippen LogP contribution is -2.13. The quantitative estimate of drug-likeness (QED) is 0.0970. The number of esters is 1. The van der Waals surface area contributed by atoms with Crippen molar-refractivity contribution < 1.29 is 36.3 Å². The van der Waals surface area contributed by atoms with Gasteiger partial charge in [-0.15, -0.1) is 0 Å². The smallest absolute Gasteiger partial charge is 0.330 e. The Bertz CT molecular complexity index is 1090. The molecular formula is C29H40O8S. The second kappa shape index (κ2) is 17.5. The predicted molar refractivity (Wildman–Crippen MR) is 148 cm³/mol. The van der Waals surface area contributed by atoms with Crippen LogP contribution in [-0.2, 0) is 30.8 Å². The molecule has 0 radical (unpaired) electrons. The van der Waals surface area contributed by atoms with Crippen LogP contribution in [0, 0.1) is 0 Å². The van der Waals surface area contributed by atoms with Crippen molar-refractivity contribution in [2.75, 3.05) is 38.8 Å². The van der Waals surface area contributed by atoms with Crippen LogP contribution in [0.25, 0.3) is 6.08 Å². The zero-order chi connectivity index (χ0) is 27.6. The van der Waals surface area contributed by atoms with Gasteiger partial charge in [0.15, 0.2) is 11.5 Å². The van der Waals surface area contributed by atoms with Gasteiger partial charge in [-0.05, 0) is 61.2 Å². The monoisotopic (exact) mass is 548 g/mol. The van der Waals surface area contributed by atoms with Gasteiger partial charge in [0.05, 0.1) is 25.6 Å². The minimum absolute atomic E-state index is 0.00882. The van der Waals surface area contributed by atoms with Crippen LogP contribution >= 0.6 is 0 Å². The summed E-state index contributed by atoms with van der Waals surface area (Å²) in [7, 11) is -3.57. The topological polar surface area (TPSA) is 97.4 Å². The first-order valence-corrected chi connectivity index (χ1v) is 14.8. The van der Waals surface area contributed by atoms with Crippen LogP contribution in [0.5, 0.6) is 17.2 Å². The summed E-state index contributed by atoms with van der Waals surface area (Å²) < 4.78 is 51.3. The number of hydrogen-bond donors (Lipinski definition) is 0.